The van der Waals surface area contributed by atoms with E-state index in [1.165, 1.54) is 193 Å². The van der Waals surface area contributed by atoms with E-state index in [9.17, 15) is 14.4 Å². The summed E-state index contributed by atoms with van der Waals surface area (Å²) in [5.41, 5.74) is 0. The fraction of sp³-hybridized carbons (Fsp3) is 0.859. The van der Waals surface area contributed by atoms with Gasteiger partial charge in [-0.15, -0.1) is 0 Å². The van der Waals surface area contributed by atoms with Gasteiger partial charge in [-0.1, -0.05) is 301 Å². The summed E-state index contributed by atoms with van der Waals surface area (Å²) in [6.45, 7) is 6.47. The Bertz CT molecular complexity index is 1170. The highest BCUT2D eigenvalue weighted by atomic mass is 16.6. The lowest BCUT2D eigenvalue weighted by Crippen LogP contribution is -2.30. The maximum absolute atomic E-state index is 12.7. The van der Waals surface area contributed by atoms with Crippen LogP contribution in [0.5, 0.6) is 0 Å². The largest absolute Gasteiger partial charge is 0.462 e. The van der Waals surface area contributed by atoms with Gasteiger partial charge >= 0.3 is 17.9 Å². The van der Waals surface area contributed by atoms with Crippen LogP contribution in [0, 0.1) is 0 Å². The van der Waals surface area contributed by atoms with E-state index in [2.05, 4.69) is 57.2 Å². The summed E-state index contributed by atoms with van der Waals surface area (Å²) < 4.78 is 16.7. The molecule has 0 bridgehead atoms. The quantitative estimate of drug-likeness (QED) is 0.0261. The molecule has 0 rings (SSSR count). The average Bonchev–Trinajstić information content (AvgIpc) is 3.36. The third kappa shape index (κ3) is 56.5. The van der Waals surface area contributed by atoms with E-state index in [1.807, 2.05) is 0 Å². The van der Waals surface area contributed by atoms with Crippen molar-refractivity contribution in [2.45, 2.75) is 341 Å². The monoisotopic (exact) mass is 983 g/mol. The number of hydrogen-bond donors (Lipinski definition) is 0. The normalized spacial score (nSPS) is 12.2. The standard InChI is InChI=1S/C64H118O6/c1-4-7-10-13-15-17-19-21-23-24-25-26-27-28-29-30-31-32-33-34-35-36-37-38-39-41-42-44-46-48-51-54-57-63(66)69-60-61(59-68-62(65)56-53-50-12-9-6-3)70-64(67)58-55-52-49-47-45-43-40-22-20-18-16-14-11-8-5-2/h8,11,16,18,22,40,61H,4-7,9-10,12-15,17,19-21,23-39,41-60H2,1-3H3/b11-8-,18-16-,40-22-. The Hall–Kier alpha value is -2.37. The molecule has 6 nitrogen and oxygen atoms in total. The van der Waals surface area contributed by atoms with Crippen molar-refractivity contribution in [2.75, 3.05) is 13.2 Å². The van der Waals surface area contributed by atoms with Gasteiger partial charge in [0.2, 0.25) is 0 Å². The minimum atomic E-state index is -0.775. The molecular weight excluding hydrogens is 865 g/mol. The first-order valence-electron chi connectivity index (χ1n) is 31.0. The Morgan fingerprint density at radius 2 is 0.557 bits per heavy atom. The number of rotatable bonds is 57. The molecule has 1 atom stereocenters. The highest BCUT2D eigenvalue weighted by molar-refractivity contribution is 5.71. The van der Waals surface area contributed by atoms with Gasteiger partial charge in [0.05, 0.1) is 0 Å². The molecule has 1 unspecified atom stereocenters. The van der Waals surface area contributed by atoms with Crippen LogP contribution >= 0.6 is 0 Å². The van der Waals surface area contributed by atoms with Gasteiger partial charge in [-0.25, -0.2) is 0 Å². The van der Waals surface area contributed by atoms with Crippen LogP contribution in [0.4, 0.5) is 0 Å². The summed E-state index contributed by atoms with van der Waals surface area (Å²) in [5.74, 6) is -0.893. The molecule has 0 N–H and O–H groups in total. The fourth-order valence-electron chi connectivity index (χ4n) is 9.28. The highest BCUT2D eigenvalue weighted by Gasteiger charge is 2.19. The van der Waals surface area contributed by atoms with E-state index in [1.54, 1.807) is 0 Å². The zero-order valence-electron chi connectivity index (χ0n) is 47.1. The van der Waals surface area contributed by atoms with Crippen LogP contribution in [0.25, 0.3) is 0 Å². The van der Waals surface area contributed by atoms with E-state index >= 15 is 0 Å². The predicted molar refractivity (Wildman–Crippen MR) is 302 cm³/mol. The maximum atomic E-state index is 12.7. The number of hydrogen-bond acceptors (Lipinski definition) is 6. The first kappa shape index (κ1) is 67.6. The second kappa shape index (κ2) is 59.2. The van der Waals surface area contributed by atoms with Gasteiger partial charge in [-0.3, -0.25) is 14.4 Å². The van der Waals surface area contributed by atoms with Gasteiger partial charge in [-0.2, -0.15) is 0 Å². The van der Waals surface area contributed by atoms with Crippen molar-refractivity contribution >= 4 is 17.9 Å². The van der Waals surface area contributed by atoms with E-state index in [0.29, 0.717) is 19.3 Å². The molecule has 0 spiro atoms. The van der Waals surface area contributed by atoms with E-state index in [0.717, 1.165) is 103 Å². The van der Waals surface area contributed by atoms with Crippen molar-refractivity contribution in [2.24, 2.45) is 0 Å². The fourth-order valence-corrected chi connectivity index (χ4v) is 9.28. The molecule has 0 aliphatic carbocycles. The zero-order chi connectivity index (χ0) is 50.7. The van der Waals surface area contributed by atoms with Crippen LogP contribution < -0.4 is 0 Å². The van der Waals surface area contributed by atoms with E-state index < -0.39 is 6.10 Å². The SMILES string of the molecule is CC/C=C\C/C=C\C/C=C\CCCCCCCC(=O)OC(COC(=O)CCCCCCC)COC(=O)CCCCCCCCCCCCCCCCCCCCCCCCCCCCCCCCCC. The summed E-state index contributed by atoms with van der Waals surface area (Å²) in [7, 11) is 0. The smallest absolute Gasteiger partial charge is 0.306 e. The molecule has 0 saturated carbocycles. The number of ether oxygens (including phenoxy) is 3. The first-order valence-corrected chi connectivity index (χ1v) is 31.0. The van der Waals surface area contributed by atoms with Gasteiger partial charge in [0.25, 0.3) is 0 Å². The summed E-state index contributed by atoms with van der Waals surface area (Å²) in [5, 5.41) is 0. The predicted octanol–water partition coefficient (Wildman–Crippen LogP) is 20.8. The van der Waals surface area contributed by atoms with Crippen LogP contribution in [0.15, 0.2) is 36.5 Å². The molecule has 70 heavy (non-hydrogen) atoms. The molecule has 6 heteroatoms. The lowest BCUT2D eigenvalue weighted by Gasteiger charge is -2.18. The first-order chi connectivity index (χ1) is 34.5. The number of unbranched alkanes of at least 4 members (excludes halogenated alkanes) is 40. The van der Waals surface area contributed by atoms with Crippen molar-refractivity contribution < 1.29 is 28.6 Å². The van der Waals surface area contributed by atoms with Gasteiger partial charge in [0.1, 0.15) is 13.2 Å². The minimum absolute atomic E-state index is 0.0762. The van der Waals surface area contributed by atoms with Crippen LogP contribution in [-0.2, 0) is 28.6 Å². The van der Waals surface area contributed by atoms with Crippen molar-refractivity contribution in [3.05, 3.63) is 36.5 Å². The summed E-state index contributed by atoms with van der Waals surface area (Å²) in [6.07, 6.45) is 72.3. The molecule has 0 aromatic carbocycles. The molecule has 0 aromatic heterocycles. The summed E-state index contributed by atoms with van der Waals surface area (Å²) in [4.78, 5) is 37.8. The molecule has 0 aromatic rings. The van der Waals surface area contributed by atoms with Crippen molar-refractivity contribution in [1.82, 2.24) is 0 Å². The Morgan fingerprint density at radius 3 is 0.871 bits per heavy atom. The molecule has 0 heterocycles. The molecule has 410 valence electrons. The molecule has 0 aliphatic rings. The second-order valence-electron chi connectivity index (χ2n) is 21.0. The van der Waals surface area contributed by atoms with Crippen LogP contribution in [0.3, 0.4) is 0 Å². The van der Waals surface area contributed by atoms with Crippen molar-refractivity contribution in [1.29, 1.82) is 0 Å². The van der Waals surface area contributed by atoms with Gasteiger partial charge < -0.3 is 14.2 Å². The molecule has 0 saturated heterocycles. The molecular formula is C64H118O6. The summed E-state index contributed by atoms with van der Waals surface area (Å²) >= 11 is 0. The topological polar surface area (TPSA) is 78.9 Å². The maximum Gasteiger partial charge on any atom is 0.306 e. The third-order valence-electron chi connectivity index (χ3n) is 13.9. The lowest BCUT2D eigenvalue weighted by atomic mass is 10.0. The van der Waals surface area contributed by atoms with Crippen molar-refractivity contribution in [3.63, 3.8) is 0 Å². The third-order valence-corrected chi connectivity index (χ3v) is 13.9. The zero-order valence-corrected chi connectivity index (χ0v) is 47.1. The number of carbonyl (C=O) groups is 3. The molecule has 0 amide bonds. The lowest BCUT2D eigenvalue weighted by molar-refractivity contribution is -0.167. The molecule has 0 fully saturated rings. The Kier molecular flexibility index (Phi) is 57.2. The second-order valence-corrected chi connectivity index (χ2v) is 21.0. The molecule has 0 radical (unpaired) electrons. The van der Waals surface area contributed by atoms with Gasteiger partial charge in [0, 0.05) is 19.3 Å². The average molecular weight is 984 g/mol. The highest BCUT2D eigenvalue weighted by Crippen LogP contribution is 2.18. The minimum Gasteiger partial charge on any atom is -0.462 e. The Labute approximate surface area is 435 Å². The number of esters is 3. The summed E-state index contributed by atoms with van der Waals surface area (Å²) in [6, 6.07) is 0. The van der Waals surface area contributed by atoms with Gasteiger partial charge in [-0.05, 0) is 51.4 Å². The van der Waals surface area contributed by atoms with Crippen LogP contribution in [0.2, 0.25) is 0 Å². The van der Waals surface area contributed by atoms with Gasteiger partial charge in [0.15, 0.2) is 6.10 Å². The van der Waals surface area contributed by atoms with E-state index in [-0.39, 0.29) is 31.1 Å². The van der Waals surface area contributed by atoms with Crippen molar-refractivity contribution in [3.8, 4) is 0 Å². The Balaban J connectivity index is 3.88. The number of allylic oxidation sites excluding steroid dienone is 6. The van der Waals surface area contributed by atoms with Crippen LogP contribution in [0.1, 0.15) is 335 Å². The van der Waals surface area contributed by atoms with Crippen LogP contribution in [-0.4, -0.2) is 37.2 Å². The molecule has 0 aliphatic heterocycles. The Morgan fingerprint density at radius 1 is 0.300 bits per heavy atom. The van der Waals surface area contributed by atoms with E-state index in [4.69, 9.17) is 14.2 Å². The number of carbonyl (C=O) groups excluding carboxylic acids is 3.